The molecule has 5 aliphatic rings. The van der Waals surface area contributed by atoms with Crippen LogP contribution in [0.4, 0.5) is 0 Å². The average molecular weight is 528 g/mol. The molecule has 2 amide bonds. The first-order valence-electron chi connectivity index (χ1n) is 14.9. The number of hydrogen-bond donors (Lipinski definition) is 2. The quantitative estimate of drug-likeness (QED) is 0.360. The molecule has 206 valence electrons. The van der Waals surface area contributed by atoms with Crippen LogP contribution in [-0.2, 0) is 16.1 Å². The van der Waals surface area contributed by atoms with Crippen molar-refractivity contribution in [2.24, 2.45) is 29.1 Å². The van der Waals surface area contributed by atoms with Crippen molar-refractivity contribution in [2.75, 3.05) is 6.54 Å². The Kier molecular flexibility index (Phi) is 5.77. The highest BCUT2D eigenvalue weighted by Crippen LogP contribution is 2.67. The summed E-state index contributed by atoms with van der Waals surface area (Å²) < 4.78 is 5.61. The van der Waals surface area contributed by atoms with Gasteiger partial charge in [-0.1, -0.05) is 32.0 Å². The molecule has 3 aromatic rings. The first-order chi connectivity index (χ1) is 18.7. The Labute approximate surface area is 230 Å². The molecule has 8 rings (SSSR count). The van der Waals surface area contributed by atoms with Crippen LogP contribution in [0.15, 0.2) is 47.1 Å². The zero-order chi connectivity index (χ0) is 26.9. The van der Waals surface area contributed by atoms with E-state index in [-0.39, 0.29) is 35.2 Å². The first kappa shape index (κ1) is 25.0. The molecule has 1 aromatic carbocycles. The monoisotopic (exact) mass is 527 g/mol. The lowest BCUT2D eigenvalue weighted by Crippen LogP contribution is -2.61. The summed E-state index contributed by atoms with van der Waals surface area (Å²) >= 11 is 0. The Bertz CT molecular complexity index is 1370. The number of hydrogen-bond acceptors (Lipinski definition) is 3. The van der Waals surface area contributed by atoms with Gasteiger partial charge in [-0.15, -0.1) is 0 Å². The van der Waals surface area contributed by atoms with E-state index in [2.05, 4.69) is 55.3 Å². The Morgan fingerprint density at radius 2 is 1.72 bits per heavy atom. The van der Waals surface area contributed by atoms with Crippen LogP contribution in [0.5, 0.6) is 0 Å². The molecule has 2 aromatic heterocycles. The van der Waals surface area contributed by atoms with Crippen LogP contribution in [0.3, 0.4) is 0 Å². The van der Waals surface area contributed by atoms with E-state index < -0.39 is 0 Å². The second-order valence-corrected chi connectivity index (χ2v) is 13.9. The lowest BCUT2D eigenvalue weighted by atomic mass is 9.53. The van der Waals surface area contributed by atoms with E-state index in [9.17, 15) is 9.59 Å². The van der Waals surface area contributed by atoms with E-state index in [1.165, 1.54) is 35.9 Å². The number of aromatic amines is 1. The summed E-state index contributed by atoms with van der Waals surface area (Å²) in [4.78, 5) is 32.6. The van der Waals surface area contributed by atoms with E-state index in [4.69, 9.17) is 4.42 Å². The number of furan rings is 1. The van der Waals surface area contributed by atoms with Crippen LogP contribution in [-0.4, -0.2) is 33.8 Å². The summed E-state index contributed by atoms with van der Waals surface area (Å²) in [5.74, 6) is 3.56. The second-order valence-electron chi connectivity index (χ2n) is 13.9. The molecule has 2 heterocycles. The van der Waals surface area contributed by atoms with E-state index in [1.807, 2.05) is 12.1 Å². The zero-order valence-corrected chi connectivity index (χ0v) is 23.5. The van der Waals surface area contributed by atoms with Gasteiger partial charge >= 0.3 is 0 Å². The molecule has 0 radical (unpaired) electrons. The fourth-order valence-corrected chi connectivity index (χ4v) is 9.31. The van der Waals surface area contributed by atoms with Crippen LogP contribution >= 0.6 is 0 Å². The van der Waals surface area contributed by atoms with Gasteiger partial charge in [0.2, 0.25) is 11.8 Å². The third kappa shape index (κ3) is 4.40. The van der Waals surface area contributed by atoms with Gasteiger partial charge in [0, 0.05) is 28.6 Å². The van der Waals surface area contributed by atoms with Gasteiger partial charge in [-0.2, -0.15) is 0 Å². The molecular formula is C33H41N3O3. The number of carbonyl (C=O) groups is 2. The molecular weight excluding hydrogens is 486 g/mol. The summed E-state index contributed by atoms with van der Waals surface area (Å²) in [6.07, 6.45) is 9.41. The lowest BCUT2D eigenvalue weighted by Gasteiger charge is -2.57. The van der Waals surface area contributed by atoms with E-state index in [0.717, 1.165) is 42.5 Å². The molecule has 4 bridgehead atoms. The molecule has 2 atom stereocenters. The van der Waals surface area contributed by atoms with Gasteiger partial charge in [0.1, 0.15) is 12.3 Å². The summed E-state index contributed by atoms with van der Waals surface area (Å²) in [5, 5.41) is 4.72. The number of nitrogens with zero attached hydrogens (tertiary/aromatic N) is 1. The predicted molar refractivity (Wildman–Crippen MR) is 151 cm³/mol. The highest BCUT2D eigenvalue weighted by molar-refractivity contribution is 5.88. The summed E-state index contributed by atoms with van der Waals surface area (Å²) in [7, 11) is 0. The largest absolute Gasteiger partial charge is 0.467 e. The molecule has 0 spiro atoms. The number of aryl methyl sites for hydroxylation is 1. The number of rotatable bonds is 8. The maximum atomic E-state index is 13.9. The maximum absolute atomic E-state index is 13.9. The van der Waals surface area contributed by atoms with Crippen molar-refractivity contribution in [3.63, 3.8) is 0 Å². The van der Waals surface area contributed by atoms with Gasteiger partial charge in [0.25, 0.3) is 0 Å². The minimum Gasteiger partial charge on any atom is -0.467 e. The molecule has 5 saturated carbocycles. The van der Waals surface area contributed by atoms with Gasteiger partial charge in [-0.05, 0) is 104 Å². The number of amides is 2. The van der Waals surface area contributed by atoms with E-state index in [0.29, 0.717) is 24.6 Å². The third-order valence-corrected chi connectivity index (χ3v) is 10.8. The van der Waals surface area contributed by atoms with Crippen molar-refractivity contribution >= 4 is 22.7 Å². The van der Waals surface area contributed by atoms with Crippen LogP contribution in [0.25, 0.3) is 10.9 Å². The Morgan fingerprint density at radius 3 is 2.38 bits per heavy atom. The molecule has 6 heteroatoms. The first-order valence-corrected chi connectivity index (χ1v) is 14.9. The van der Waals surface area contributed by atoms with Crippen LogP contribution in [0.2, 0.25) is 0 Å². The highest BCUT2D eigenvalue weighted by Gasteiger charge is 2.60. The molecule has 6 nitrogen and oxygen atoms in total. The smallest absolute Gasteiger partial charge is 0.240 e. The van der Waals surface area contributed by atoms with Gasteiger partial charge in [0.15, 0.2) is 0 Å². The zero-order valence-electron chi connectivity index (χ0n) is 23.5. The van der Waals surface area contributed by atoms with Crippen molar-refractivity contribution < 1.29 is 14.0 Å². The Hall–Kier alpha value is -3.02. The van der Waals surface area contributed by atoms with Crippen molar-refractivity contribution in [1.29, 1.82) is 0 Å². The van der Waals surface area contributed by atoms with Crippen LogP contribution < -0.4 is 5.32 Å². The summed E-state index contributed by atoms with van der Waals surface area (Å²) in [6, 6.07) is 12.2. The maximum Gasteiger partial charge on any atom is 0.240 e. The van der Waals surface area contributed by atoms with E-state index in [1.54, 1.807) is 11.2 Å². The summed E-state index contributed by atoms with van der Waals surface area (Å²) in [6.45, 7) is 7.09. The standard InChI is InChI=1S/C33H41N3O3/c1-20-30(25-8-4-5-9-27(25)34-20)31-26(32(31,2)3)14-29(38)36(18-24-7-6-10-39-24)19-28(37)35-33-15-21-11-22(16-33)13-23(12-21)17-33/h4-10,21-23,26,31,34H,11-19H2,1-3H3,(H,35,37)/t21?,22?,23?,26-,31-,33?/m0/s1. The highest BCUT2D eigenvalue weighted by atomic mass is 16.3. The van der Waals surface area contributed by atoms with Crippen LogP contribution in [0.1, 0.15) is 81.7 Å². The van der Waals surface area contributed by atoms with Crippen LogP contribution in [0, 0.1) is 36.0 Å². The summed E-state index contributed by atoms with van der Waals surface area (Å²) in [5.41, 5.74) is 3.64. The van der Waals surface area contributed by atoms with Crippen molar-refractivity contribution in [3.8, 4) is 0 Å². The molecule has 0 saturated heterocycles. The lowest BCUT2D eigenvalue weighted by molar-refractivity contribution is -0.139. The number of fused-ring (bicyclic) bond motifs is 1. The van der Waals surface area contributed by atoms with Crippen molar-refractivity contribution in [3.05, 3.63) is 59.7 Å². The fraction of sp³-hybridized carbons (Fsp3) is 0.576. The molecule has 5 aliphatic carbocycles. The normalized spacial score (nSPS) is 31.9. The Balaban J connectivity index is 1.08. The topological polar surface area (TPSA) is 78.3 Å². The van der Waals surface area contributed by atoms with E-state index >= 15 is 0 Å². The van der Waals surface area contributed by atoms with Gasteiger partial charge < -0.3 is 19.6 Å². The number of nitrogens with one attached hydrogen (secondary N) is 2. The number of para-hydroxylation sites is 1. The number of carbonyl (C=O) groups excluding carboxylic acids is 2. The van der Waals surface area contributed by atoms with Crippen molar-refractivity contribution in [2.45, 2.75) is 83.7 Å². The van der Waals surface area contributed by atoms with Gasteiger partial charge in [-0.25, -0.2) is 0 Å². The molecule has 2 N–H and O–H groups in total. The fourth-order valence-electron chi connectivity index (χ4n) is 9.31. The number of H-pyrrole nitrogens is 1. The van der Waals surface area contributed by atoms with Gasteiger partial charge in [-0.3, -0.25) is 9.59 Å². The Morgan fingerprint density at radius 1 is 1.03 bits per heavy atom. The number of aromatic nitrogens is 1. The molecule has 5 fully saturated rings. The molecule has 0 aliphatic heterocycles. The van der Waals surface area contributed by atoms with Gasteiger partial charge in [0.05, 0.1) is 12.8 Å². The molecule has 39 heavy (non-hydrogen) atoms. The second kappa shape index (κ2) is 9.00. The minimum absolute atomic E-state index is 0.0171. The average Bonchev–Trinajstić information content (AvgIpc) is 3.24. The molecule has 0 unspecified atom stereocenters. The van der Waals surface area contributed by atoms with Crippen molar-refractivity contribution in [1.82, 2.24) is 15.2 Å². The SMILES string of the molecule is Cc1[nH]c2ccccc2c1[C@@H]1[C@H](CC(=O)N(CC(=O)NC23CC4CC(CC(C4)C2)C3)Cc2ccco2)C1(C)C. The third-order valence-electron chi connectivity index (χ3n) is 10.8. The number of benzene rings is 1. The minimum atomic E-state index is -0.0539. The predicted octanol–water partition coefficient (Wildman–Crippen LogP) is 6.31.